The summed E-state index contributed by atoms with van der Waals surface area (Å²) in [5.41, 5.74) is 0.769. The van der Waals surface area contributed by atoms with E-state index >= 15 is 0 Å². The van der Waals surface area contributed by atoms with Crippen LogP contribution < -0.4 is 10.6 Å². The Hall–Kier alpha value is -1.96. The van der Waals surface area contributed by atoms with E-state index in [4.69, 9.17) is 0 Å². The quantitative estimate of drug-likeness (QED) is 0.797. The van der Waals surface area contributed by atoms with Crippen LogP contribution in [0.4, 0.5) is 5.95 Å². The second kappa shape index (κ2) is 4.96. The molecule has 2 N–H and O–H groups in total. The molecule has 0 unspecified atom stereocenters. The van der Waals surface area contributed by atoms with Crippen LogP contribution in [0.3, 0.4) is 0 Å². The zero-order valence-electron chi connectivity index (χ0n) is 11.2. The summed E-state index contributed by atoms with van der Waals surface area (Å²) >= 11 is 0. The van der Waals surface area contributed by atoms with Crippen LogP contribution in [0.15, 0.2) is 6.20 Å². The lowest BCUT2D eigenvalue weighted by molar-refractivity contribution is 0.313. The van der Waals surface area contributed by atoms with Gasteiger partial charge in [-0.15, -0.1) is 15.3 Å². The van der Waals surface area contributed by atoms with Gasteiger partial charge in [0, 0.05) is 26.2 Å². The molecular weight excluding hydrogens is 244 g/mol. The highest BCUT2D eigenvalue weighted by Gasteiger charge is 2.22. The molecule has 0 spiro atoms. The van der Waals surface area contributed by atoms with Crippen LogP contribution in [0, 0.1) is 0 Å². The highest BCUT2D eigenvalue weighted by Crippen LogP contribution is 2.20. The summed E-state index contributed by atoms with van der Waals surface area (Å²) in [7, 11) is 0. The summed E-state index contributed by atoms with van der Waals surface area (Å²) in [6.45, 7) is 7.61. The minimum absolute atomic E-state index is 0.410. The Labute approximate surface area is 111 Å². The fraction of sp³-hybridized carbons (Fsp3) is 0.636. The van der Waals surface area contributed by atoms with Crippen molar-refractivity contribution in [1.29, 1.82) is 0 Å². The monoisotopic (exact) mass is 262 g/mol. The SMILES string of the molecule is CCNc1nnc(-c2cn(C3CNC3)nn2)n1CC. The maximum atomic E-state index is 4.21. The molecule has 8 nitrogen and oxygen atoms in total. The van der Waals surface area contributed by atoms with Gasteiger partial charge in [0.05, 0.1) is 12.2 Å². The zero-order chi connectivity index (χ0) is 13.2. The van der Waals surface area contributed by atoms with E-state index < -0.39 is 0 Å². The fourth-order valence-corrected chi connectivity index (χ4v) is 2.10. The third-order valence-corrected chi connectivity index (χ3v) is 3.28. The predicted octanol–water partition coefficient (Wildman–Crippen LogP) is 0.133. The molecule has 0 amide bonds. The molecule has 1 saturated heterocycles. The highest BCUT2D eigenvalue weighted by atomic mass is 15.5. The summed E-state index contributed by atoms with van der Waals surface area (Å²) in [6, 6.07) is 0.410. The number of hydrogen-bond acceptors (Lipinski definition) is 6. The Morgan fingerprint density at radius 2 is 2.16 bits per heavy atom. The molecule has 1 aliphatic heterocycles. The van der Waals surface area contributed by atoms with Crippen LogP contribution in [0.1, 0.15) is 19.9 Å². The summed E-state index contributed by atoms with van der Waals surface area (Å²) in [6.07, 6.45) is 1.94. The number of rotatable bonds is 5. The van der Waals surface area contributed by atoms with Gasteiger partial charge in [-0.05, 0) is 13.8 Å². The molecule has 1 fully saturated rings. The molecule has 102 valence electrons. The van der Waals surface area contributed by atoms with E-state index in [1.54, 1.807) is 0 Å². The highest BCUT2D eigenvalue weighted by molar-refractivity contribution is 5.50. The zero-order valence-corrected chi connectivity index (χ0v) is 11.2. The van der Waals surface area contributed by atoms with Crippen LogP contribution in [0.5, 0.6) is 0 Å². The van der Waals surface area contributed by atoms with Gasteiger partial charge in [0.1, 0.15) is 0 Å². The van der Waals surface area contributed by atoms with Crippen molar-refractivity contribution in [2.75, 3.05) is 25.0 Å². The largest absolute Gasteiger partial charge is 0.355 e. The number of anilines is 1. The summed E-state index contributed by atoms with van der Waals surface area (Å²) < 4.78 is 3.91. The van der Waals surface area contributed by atoms with Crippen LogP contribution in [-0.4, -0.2) is 49.4 Å². The first-order chi connectivity index (χ1) is 9.33. The van der Waals surface area contributed by atoms with Gasteiger partial charge in [0.2, 0.25) is 5.95 Å². The maximum Gasteiger partial charge on any atom is 0.224 e. The average molecular weight is 262 g/mol. The molecular formula is C11H18N8. The molecule has 2 aromatic rings. The first kappa shape index (κ1) is 12.1. The molecule has 0 bridgehead atoms. The van der Waals surface area contributed by atoms with E-state index in [9.17, 15) is 0 Å². The standard InChI is InChI=1S/C11H18N8/c1-3-13-11-16-15-10(18(11)4-2)9-7-19(17-14-9)8-5-12-6-8/h7-8,12H,3-6H2,1-2H3,(H,13,16). The first-order valence-electron chi connectivity index (χ1n) is 6.63. The molecule has 0 saturated carbocycles. The van der Waals surface area contributed by atoms with E-state index in [0.717, 1.165) is 43.6 Å². The Balaban J connectivity index is 1.90. The molecule has 0 aliphatic carbocycles. The summed E-state index contributed by atoms with van der Waals surface area (Å²) in [5, 5.41) is 23.2. The van der Waals surface area contributed by atoms with Crippen molar-refractivity contribution in [3.8, 4) is 11.5 Å². The minimum atomic E-state index is 0.410. The van der Waals surface area contributed by atoms with E-state index in [-0.39, 0.29) is 0 Å². The molecule has 1 aliphatic rings. The van der Waals surface area contributed by atoms with E-state index in [2.05, 4.69) is 38.1 Å². The van der Waals surface area contributed by atoms with Crippen LogP contribution in [0.2, 0.25) is 0 Å². The van der Waals surface area contributed by atoms with Crippen molar-refractivity contribution in [3.05, 3.63) is 6.20 Å². The van der Waals surface area contributed by atoms with E-state index in [0.29, 0.717) is 6.04 Å². The van der Waals surface area contributed by atoms with Gasteiger partial charge >= 0.3 is 0 Å². The Morgan fingerprint density at radius 1 is 1.32 bits per heavy atom. The van der Waals surface area contributed by atoms with E-state index in [1.807, 2.05) is 22.4 Å². The second-order valence-electron chi connectivity index (χ2n) is 4.52. The maximum absolute atomic E-state index is 4.21. The molecule has 2 aromatic heterocycles. The van der Waals surface area contributed by atoms with Gasteiger partial charge in [-0.2, -0.15) is 0 Å². The number of hydrogen-bond donors (Lipinski definition) is 2. The third kappa shape index (κ3) is 2.07. The fourth-order valence-electron chi connectivity index (χ4n) is 2.10. The molecule has 0 radical (unpaired) electrons. The van der Waals surface area contributed by atoms with Gasteiger partial charge in [-0.25, -0.2) is 4.68 Å². The van der Waals surface area contributed by atoms with Crippen molar-refractivity contribution in [2.24, 2.45) is 0 Å². The van der Waals surface area contributed by atoms with Gasteiger partial charge in [0.15, 0.2) is 11.5 Å². The molecule has 3 heterocycles. The van der Waals surface area contributed by atoms with Crippen LogP contribution in [0.25, 0.3) is 11.5 Å². The van der Waals surface area contributed by atoms with Gasteiger partial charge < -0.3 is 10.6 Å². The third-order valence-electron chi connectivity index (χ3n) is 3.28. The van der Waals surface area contributed by atoms with Crippen molar-refractivity contribution >= 4 is 5.95 Å². The van der Waals surface area contributed by atoms with Crippen LogP contribution >= 0.6 is 0 Å². The lowest BCUT2D eigenvalue weighted by Gasteiger charge is -2.26. The van der Waals surface area contributed by atoms with E-state index in [1.165, 1.54) is 0 Å². The lowest BCUT2D eigenvalue weighted by atomic mass is 10.2. The Bertz CT molecular complexity index is 553. The number of nitrogens with zero attached hydrogens (tertiary/aromatic N) is 6. The Kier molecular flexibility index (Phi) is 3.16. The first-order valence-corrected chi connectivity index (χ1v) is 6.63. The lowest BCUT2D eigenvalue weighted by Crippen LogP contribution is -2.43. The molecule has 0 aromatic carbocycles. The van der Waals surface area contributed by atoms with Gasteiger partial charge in [-0.1, -0.05) is 5.21 Å². The van der Waals surface area contributed by atoms with Crippen molar-refractivity contribution in [2.45, 2.75) is 26.4 Å². The average Bonchev–Trinajstić information content (AvgIpc) is 2.94. The molecule has 19 heavy (non-hydrogen) atoms. The van der Waals surface area contributed by atoms with Crippen molar-refractivity contribution in [3.63, 3.8) is 0 Å². The van der Waals surface area contributed by atoms with Crippen molar-refractivity contribution in [1.82, 2.24) is 35.1 Å². The molecule has 3 rings (SSSR count). The molecule has 0 atom stereocenters. The smallest absolute Gasteiger partial charge is 0.224 e. The molecule has 8 heteroatoms. The topological polar surface area (TPSA) is 85.5 Å². The number of aromatic nitrogens is 6. The Morgan fingerprint density at radius 3 is 2.79 bits per heavy atom. The number of nitrogens with one attached hydrogen (secondary N) is 2. The normalized spacial score (nSPS) is 15.5. The minimum Gasteiger partial charge on any atom is -0.355 e. The summed E-state index contributed by atoms with van der Waals surface area (Å²) in [5.74, 6) is 1.54. The predicted molar refractivity (Wildman–Crippen MR) is 70.8 cm³/mol. The second-order valence-corrected chi connectivity index (χ2v) is 4.52. The van der Waals surface area contributed by atoms with Crippen LogP contribution in [-0.2, 0) is 6.54 Å². The van der Waals surface area contributed by atoms with Gasteiger partial charge in [0.25, 0.3) is 0 Å². The van der Waals surface area contributed by atoms with Crippen molar-refractivity contribution < 1.29 is 0 Å². The van der Waals surface area contributed by atoms with Gasteiger partial charge in [-0.3, -0.25) is 4.57 Å². The summed E-state index contributed by atoms with van der Waals surface area (Å²) in [4.78, 5) is 0.